The second-order valence-corrected chi connectivity index (χ2v) is 7.09. The summed E-state index contributed by atoms with van der Waals surface area (Å²) >= 11 is 9.54. The maximum Gasteiger partial charge on any atom is 0.126 e. The van der Waals surface area contributed by atoms with Crippen LogP contribution in [0.3, 0.4) is 0 Å². The second-order valence-electron chi connectivity index (χ2n) is 5.73. The van der Waals surface area contributed by atoms with Crippen LogP contribution in [0.1, 0.15) is 43.6 Å². The van der Waals surface area contributed by atoms with Gasteiger partial charge in [-0.1, -0.05) is 58.9 Å². The molecule has 0 amide bonds. The summed E-state index contributed by atoms with van der Waals surface area (Å²) in [5.41, 5.74) is 2.95. The monoisotopic (exact) mass is 364 g/mol. The molecule has 0 unspecified atom stereocenters. The molecule has 0 saturated heterocycles. The van der Waals surface area contributed by atoms with Gasteiger partial charge >= 0.3 is 0 Å². The van der Waals surface area contributed by atoms with Crippen molar-refractivity contribution >= 4 is 27.5 Å². The zero-order chi connectivity index (χ0) is 14.8. The minimum absolute atomic E-state index is 0.424. The first-order valence-electron chi connectivity index (χ1n) is 7.43. The molecule has 0 aliphatic heterocycles. The first kappa shape index (κ1) is 14.9. The summed E-state index contributed by atoms with van der Waals surface area (Å²) < 4.78 is 1.02. The highest BCUT2D eigenvalue weighted by Gasteiger charge is 2.21. The predicted octanol–water partition coefficient (Wildman–Crippen LogP) is 6.52. The first-order valence-corrected chi connectivity index (χ1v) is 8.60. The Morgan fingerprint density at radius 3 is 2.33 bits per heavy atom. The van der Waals surface area contributed by atoms with Gasteiger partial charge in [0.1, 0.15) is 5.75 Å². The van der Waals surface area contributed by atoms with Crippen molar-refractivity contribution in [1.29, 1.82) is 0 Å². The molecule has 0 aromatic heterocycles. The number of phenols is 1. The summed E-state index contributed by atoms with van der Waals surface area (Å²) in [5, 5.41) is 11.4. The molecule has 0 heterocycles. The van der Waals surface area contributed by atoms with Crippen LogP contribution in [-0.4, -0.2) is 5.11 Å². The number of aromatic hydroxyl groups is 1. The third-order valence-corrected chi connectivity index (χ3v) is 5.01. The number of halogens is 2. The lowest BCUT2D eigenvalue weighted by atomic mass is 9.82. The molecule has 110 valence electrons. The molecule has 1 aliphatic carbocycles. The molecule has 1 aliphatic rings. The quantitative estimate of drug-likeness (QED) is 0.642. The van der Waals surface area contributed by atoms with Gasteiger partial charge in [0.05, 0.1) is 0 Å². The topological polar surface area (TPSA) is 20.2 Å². The molecule has 0 radical (unpaired) electrons. The summed E-state index contributed by atoms with van der Waals surface area (Å²) in [5.74, 6) is 0.898. The molecular formula is C18H18BrClO. The standard InChI is InChI=1S/C18H18BrClO/c19-14-10-16(12-4-2-1-3-5-12)18(21)17(11-14)13-6-8-15(20)9-7-13/h6-12,21H,1-5H2. The summed E-state index contributed by atoms with van der Waals surface area (Å²) in [6.07, 6.45) is 6.17. The van der Waals surface area contributed by atoms with Crippen LogP contribution in [0.5, 0.6) is 5.75 Å². The van der Waals surface area contributed by atoms with E-state index >= 15 is 0 Å². The third kappa shape index (κ3) is 3.27. The van der Waals surface area contributed by atoms with Crippen LogP contribution in [0.2, 0.25) is 5.02 Å². The van der Waals surface area contributed by atoms with Crippen molar-refractivity contribution in [3.8, 4) is 16.9 Å². The van der Waals surface area contributed by atoms with Crippen molar-refractivity contribution in [3.05, 3.63) is 51.5 Å². The molecule has 1 nitrogen and oxygen atoms in total. The van der Waals surface area contributed by atoms with E-state index in [2.05, 4.69) is 22.0 Å². The van der Waals surface area contributed by atoms with Crippen LogP contribution in [0.25, 0.3) is 11.1 Å². The summed E-state index contributed by atoms with van der Waals surface area (Å²) in [6, 6.07) is 11.7. The Balaban J connectivity index is 2.04. The molecule has 3 rings (SSSR count). The van der Waals surface area contributed by atoms with E-state index in [9.17, 15) is 5.11 Å². The van der Waals surface area contributed by atoms with Crippen molar-refractivity contribution in [1.82, 2.24) is 0 Å². The largest absolute Gasteiger partial charge is 0.507 e. The van der Waals surface area contributed by atoms with Crippen LogP contribution >= 0.6 is 27.5 Å². The fourth-order valence-corrected chi connectivity index (χ4v) is 3.80. The lowest BCUT2D eigenvalue weighted by Gasteiger charge is -2.24. The molecule has 1 N–H and O–H groups in total. The zero-order valence-corrected chi connectivity index (χ0v) is 14.1. The molecule has 2 aromatic rings. The Morgan fingerprint density at radius 1 is 1.00 bits per heavy atom. The highest BCUT2D eigenvalue weighted by atomic mass is 79.9. The average molecular weight is 366 g/mol. The zero-order valence-electron chi connectivity index (χ0n) is 11.8. The smallest absolute Gasteiger partial charge is 0.126 e. The normalized spacial score (nSPS) is 16.1. The van der Waals surface area contributed by atoms with Crippen LogP contribution in [-0.2, 0) is 0 Å². The Labute approximate surface area is 139 Å². The van der Waals surface area contributed by atoms with Crippen molar-refractivity contribution in [2.24, 2.45) is 0 Å². The van der Waals surface area contributed by atoms with E-state index in [0.717, 1.165) is 21.2 Å². The van der Waals surface area contributed by atoms with Gasteiger partial charge in [0.15, 0.2) is 0 Å². The van der Waals surface area contributed by atoms with Crippen molar-refractivity contribution < 1.29 is 5.11 Å². The van der Waals surface area contributed by atoms with Crippen LogP contribution < -0.4 is 0 Å². The Morgan fingerprint density at radius 2 is 1.67 bits per heavy atom. The SMILES string of the molecule is Oc1c(-c2ccc(Cl)cc2)cc(Br)cc1C1CCCCC1. The number of phenolic OH excluding ortho intramolecular Hbond substituents is 1. The second kappa shape index (κ2) is 6.41. The van der Waals surface area contributed by atoms with Gasteiger partial charge in [-0.2, -0.15) is 0 Å². The average Bonchev–Trinajstić information content (AvgIpc) is 2.51. The summed E-state index contributed by atoms with van der Waals surface area (Å²) in [6.45, 7) is 0. The number of benzene rings is 2. The van der Waals surface area contributed by atoms with Gasteiger partial charge in [0.2, 0.25) is 0 Å². The highest BCUT2D eigenvalue weighted by Crippen LogP contribution is 2.43. The van der Waals surface area contributed by atoms with Gasteiger partial charge in [-0.05, 0) is 54.2 Å². The van der Waals surface area contributed by atoms with E-state index < -0.39 is 0 Å². The molecule has 0 spiro atoms. The predicted molar refractivity (Wildman–Crippen MR) is 92.1 cm³/mol. The Bertz CT molecular complexity index is 630. The molecule has 3 heteroatoms. The van der Waals surface area contributed by atoms with Gasteiger partial charge < -0.3 is 5.11 Å². The summed E-state index contributed by atoms with van der Waals surface area (Å²) in [4.78, 5) is 0. The van der Waals surface area contributed by atoms with E-state index in [1.807, 2.05) is 30.3 Å². The minimum atomic E-state index is 0.424. The van der Waals surface area contributed by atoms with Gasteiger partial charge in [0.25, 0.3) is 0 Å². The van der Waals surface area contributed by atoms with Crippen LogP contribution in [0.4, 0.5) is 0 Å². The highest BCUT2D eigenvalue weighted by molar-refractivity contribution is 9.10. The van der Waals surface area contributed by atoms with Gasteiger partial charge in [-0.15, -0.1) is 0 Å². The van der Waals surface area contributed by atoms with Crippen LogP contribution in [0, 0.1) is 0 Å². The van der Waals surface area contributed by atoms with Gasteiger partial charge in [0, 0.05) is 15.1 Å². The molecule has 1 saturated carbocycles. The van der Waals surface area contributed by atoms with E-state index in [0.29, 0.717) is 16.7 Å². The minimum Gasteiger partial charge on any atom is -0.507 e. The van der Waals surface area contributed by atoms with Crippen molar-refractivity contribution in [3.63, 3.8) is 0 Å². The van der Waals surface area contributed by atoms with E-state index in [1.54, 1.807) is 0 Å². The van der Waals surface area contributed by atoms with Crippen molar-refractivity contribution in [2.45, 2.75) is 38.0 Å². The fourth-order valence-electron chi connectivity index (χ4n) is 3.19. The number of hydrogen-bond donors (Lipinski definition) is 1. The Hall–Kier alpha value is -0.990. The lowest BCUT2D eigenvalue weighted by Crippen LogP contribution is -2.05. The maximum atomic E-state index is 10.7. The number of rotatable bonds is 2. The van der Waals surface area contributed by atoms with Crippen molar-refractivity contribution in [2.75, 3.05) is 0 Å². The van der Waals surface area contributed by atoms with E-state index in [1.165, 1.54) is 32.1 Å². The lowest BCUT2D eigenvalue weighted by molar-refractivity contribution is 0.415. The van der Waals surface area contributed by atoms with Gasteiger partial charge in [-0.25, -0.2) is 0 Å². The number of hydrogen-bond acceptors (Lipinski definition) is 1. The third-order valence-electron chi connectivity index (χ3n) is 4.30. The molecule has 1 fully saturated rings. The molecule has 2 aromatic carbocycles. The fraction of sp³-hybridized carbons (Fsp3) is 0.333. The summed E-state index contributed by atoms with van der Waals surface area (Å²) in [7, 11) is 0. The molecule has 0 atom stereocenters. The van der Waals surface area contributed by atoms with Gasteiger partial charge in [-0.3, -0.25) is 0 Å². The van der Waals surface area contributed by atoms with Crippen LogP contribution in [0.15, 0.2) is 40.9 Å². The molecular weight excluding hydrogens is 348 g/mol. The molecule has 0 bridgehead atoms. The molecule has 21 heavy (non-hydrogen) atoms. The Kier molecular flexibility index (Phi) is 4.56. The maximum absolute atomic E-state index is 10.7. The van der Waals surface area contributed by atoms with E-state index in [-0.39, 0.29) is 0 Å². The first-order chi connectivity index (χ1) is 10.1. The van der Waals surface area contributed by atoms with E-state index in [4.69, 9.17) is 11.6 Å².